The molecule has 2 rings (SSSR count). The average molecular weight is 363 g/mol. The number of piperazine rings is 1. The molecule has 23 heavy (non-hydrogen) atoms. The van der Waals surface area contributed by atoms with E-state index in [4.69, 9.17) is 21.1 Å². The number of hydrogen-bond donors (Lipinski definition) is 1. The van der Waals surface area contributed by atoms with Gasteiger partial charge in [0, 0.05) is 31.2 Å². The van der Waals surface area contributed by atoms with Crippen molar-refractivity contribution >= 4 is 29.9 Å². The molecular formula is C16H24Cl2N2O3. The standard InChI is InChI=1S/C16H23ClN2O3.ClH/c1-4-7-22-15-13(17)8-12(9-14(15)21-3)16(20)19-6-5-18-10-11(19)2;/h8-9,11,18H,4-7,10H2,1-3H3;1H. The normalized spacial score (nSPS) is 17.4. The molecule has 0 spiro atoms. The number of carbonyl (C=O) groups is 1. The van der Waals surface area contributed by atoms with Crippen LogP contribution in [0.1, 0.15) is 30.6 Å². The highest BCUT2D eigenvalue weighted by molar-refractivity contribution is 6.32. The summed E-state index contributed by atoms with van der Waals surface area (Å²) in [6, 6.07) is 3.52. The topological polar surface area (TPSA) is 50.8 Å². The summed E-state index contributed by atoms with van der Waals surface area (Å²) in [6.45, 7) is 6.89. The van der Waals surface area contributed by atoms with E-state index in [0.717, 1.165) is 19.5 Å². The van der Waals surface area contributed by atoms with Gasteiger partial charge in [0.05, 0.1) is 18.7 Å². The van der Waals surface area contributed by atoms with Crippen molar-refractivity contribution in [1.82, 2.24) is 10.2 Å². The maximum atomic E-state index is 12.7. The third-order valence-corrected chi connectivity index (χ3v) is 3.97. The Morgan fingerprint density at radius 1 is 1.48 bits per heavy atom. The van der Waals surface area contributed by atoms with E-state index >= 15 is 0 Å². The molecule has 0 radical (unpaired) electrons. The van der Waals surface area contributed by atoms with Gasteiger partial charge in [-0.15, -0.1) is 12.4 Å². The van der Waals surface area contributed by atoms with Gasteiger partial charge in [0.15, 0.2) is 11.5 Å². The van der Waals surface area contributed by atoms with Gasteiger partial charge in [-0.3, -0.25) is 4.79 Å². The lowest BCUT2D eigenvalue weighted by molar-refractivity contribution is 0.0655. The number of amides is 1. The zero-order chi connectivity index (χ0) is 16.1. The first kappa shape index (κ1) is 19.9. The number of halogens is 2. The van der Waals surface area contributed by atoms with E-state index in [0.29, 0.717) is 35.2 Å². The lowest BCUT2D eigenvalue weighted by atomic mass is 10.1. The second kappa shape index (κ2) is 9.21. The van der Waals surface area contributed by atoms with Crippen LogP contribution in [-0.4, -0.2) is 50.2 Å². The third-order valence-electron chi connectivity index (χ3n) is 3.69. The molecule has 1 saturated heterocycles. The van der Waals surface area contributed by atoms with Crippen molar-refractivity contribution in [3.8, 4) is 11.5 Å². The molecule has 1 atom stereocenters. The van der Waals surface area contributed by atoms with Crippen LogP contribution in [0.4, 0.5) is 0 Å². The van der Waals surface area contributed by atoms with Crippen molar-refractivity contribution in [3.63, 3.8) is 0 Å². The summed E-state index contributed by atoms with van der Waals surface area (Å²) in [4.78, 5) is 14.6. The Balaban J connectivity index is 0.00000264. The lowest BCUT2D eigenvalue weighted by Crippen LogP contribution is -2.52. The van der Waals surface area contributed by atoms with E-state index in [2.05, 4.69) is 5.32 Å². The van der Waals surface area contributed by atoms with Crippen molar-refractivity contribution in [2.24, 2.45) is 0 Å². The second-order valence-electron chi connectivity index (χ2n) is 5.39. The minimum absolute atomic E-state index is 0. The molecule has 1 heterocycles. The summed E-state index contributed by atoms with van der Waals surface area (Å²) in [5, 5.41) is 3.67. The summed E-state index contributed by atoms with van der Waals surface area (Å²) in [5.41, 5.74) is 0.527. The zero-order valence-corrected chi connectivity index (χ0v) is 15.3. The Morgan fingerprint density at radius 3 is 2.83 bits per heavy atom. The summed E-state index contributed by atoms with van der Waals surface area (Å²) in [5.74, 6) is 0.958. The maximum Gasteiger partial charge on any atom is 0.254 e. The Bertz CT molecular complexity index is 540. The number of carbonyl (C=O) groups excluding carboxylic acids is 1. The van der Waals surface area contributed by atoms with Gasteiger partial charge in [-0.2, -0.15) is 0 Å². The summed E-state index contributed by atoms with van der Waals surface area (Å²) in [6.07, 6.45) is 0.873. The molecule has 7 heteroatoms. The minimum Gasteiger partial charge on any atom is -0.493 e. The van der Waals surface area contributed by atoms with E-state index in [-0.39, 0.29) is 24.4 Å². The fourth-order valence-electron chi connectivity index (χ4n) is 2.50. The highest BCUT2D eigenvalue weighted by atomic mass is 35.5. The molecule has 0 aromatic heterocycles. The van der Waals surface area contributed by atoms with Crippen LogP contribution < -0.4 is 14.8 Å². The molecule has 1 aliphatic rings. The number of nitrogens with zero attached hydrogens (tertiary/aromatic N) is 1. The van der Waals surface area contributed by atoms with E-state index in [9.17, 15) is 4.79 Å². The molecule has 0 bridgehead atoms. The van der Waals surface area contributed by atoms with Crippen LogP contribution in [0, 0.1) is 0 Å². The van der Waals surface area contributed by atoms with E-state index in [1.165, 1.54) is 0 Å². The molecular weight excluding hydrogens is 339 g/mol. The Labute approximate surface area is 148 Å². The zero-order valence-electron chi connectivity index (χ0n) is 13.7. The van der Waals surface area contributed by atoms with Gasteiger partial charge in [0.25, 0.3) is 5.91 Å². The van der Waals surface area contributed by atoms with E-state index < -0.39 is 0 Å². The van der Waals surface area contributed by atoms with Gasteiger partial charge in [-0.05, 0) is 25.5 Å². The van der Waals surface area contributed by atoms with Gasteiger partial charge in [-0.1, -0.05) is 18.5 Å². The maximum absolute atomic E-state index is 12.7. The van der Waals surface area contributed by atoms with Crippen LogP contribution in [0.3, 0.4) is 0 Å². The van der Waals surface area contributed by atoms with Crippen LogP contribution in [0.2, 0.25) is 5.02 Å². The highest BCUT2D eigenvalue weighted by Gasteiger charge is 2.25. The van der Waals surface area contributed by atoms with Crippen molar-refractivity contribution in [3.05, 3.63) is 22.7 Å². The van der Waals surface area contributed by atoms with Crippen LogP contribution in [0.15, 0.2) is 12.1 Å². The monoisotopic (exact) mass is 362 g/mol. The SMILES string of the molecule is CCCOc1c(Cl)cc(C(=O)N2CCNCC2C)cc1OC.Cl. The number of ether oxygens (including phenoxy) is 2. The van der Waals surface area contributed by atoms with Gasteiger partial charge < -0.3 is 19.7 Å². The first-order chi connectivity index (χ1) is 10.6. The minimum atomic E-state index is -0.0313. The third kappa shape index (κ3) is 4.66. The molecule has 1 fully saturated rings. The van der Waals surface area contributed by atoms with Crippen molar-refractivity contribution < 1.29 is 14.3 Å². The first-order valence-corrected chi connectivity index (χ1v) is 7.98. The van der Waals surface area contributed by atoms with Crippen LogP contribution in [0.25, 0.3) is 0 Å². The number of rotatable bonds is 5. The van der Waals surface area contributed by atoms with Crippen LogP contribution in [-0.2, 0) is 0 Å². The second-order valence-corrected chi connectivity index (χ2v) is 5.80. The van der Waals surface area contributed by atoms with Gasteiger partial charge in [0.1, 0.15) is 0 Å². The summed E-state index contributed by atoms with van der Waals surface area (Å²) in [7, 11) is 1.55. The number of nitrogens with one attached hydrogen (secondary N) is 1. The van der Waals surface area contributed by atoms with Crippen LogP contribution >= 0.6 is 24.0 Å². The van der Waals surface area contributed by atoms with Gasteiger partial charge in [0.2, 0.25) is 0 Å². The Hall–Kier alpha value is -1.17. The molecule has 1 amide bonds. The Morgan fingerprint density at radius 2 is 2.22 bits per heavy atom. The molecule has 0 aliphatic carbocycles. The van der Waals surface area contributed by atoms with Gasteiger partial charge >= 0.3 is 0 Å². The number of benzene rings is 1. The van der Waals surface area contributed by atoms with Crippen molar-refractivity contribution in [2.75, 3.05) is 33.4 Å². The molecule has 5 nitrogen and oxygen atoms in total. The largest absolute Gasteiger partial charge is 0.493 e. The molecule has 130 valence electrons. The molecule has 1 N–H and O–H groups in total. The average Bonchev–Trinajstić information content (AvgIpc) is 2.53. The molecule has 0 saturated carbocycles. The summed E-state index contributed by atoms with van der Waals surface area (Å²) >= 11 is 6.28. The fraction of sp³-hybridized carbons (Fsp3) is 0.562. The molecule has 1 aromatic carbocycles. The Kier molecular flexibility index (Phi) is 7.95. The van der Waals surface area contributed by atoms with Gasteiger partial charge in [-0.25, -0.2) is 0 Å². The predicted molar refractivity (Wildman–Crippen MR) is 94.4 cm³/mol. The fourth-order valence-corrected chi connectivity index (χ4v) is 2.76. The number of hydrogen-bond acceptors (Lipinski definition) is 4. The molecule has 1 aliphatic heterocycles. The molecule has 1 aromatic rings. The highest BCUT2D eigenvalue weighted by Crippen LogP contribution is 2.37. The first-order valence-electron chi connectivity index (χ1n) is 7.60. The van der Waals surface area contributed by atoms with E-state index in [1.54, 1.807) is 19.2 Å². The lowest BCUT2D eigenvalue weighted by Gasteiger charge is -2.34. The van der Waals surface area contributed by atoms with Crippen LogP contribution in [0.5, 0.6) is 11.5 Å². The quantitative estimate of drug-likeness (QED) is 0.874. The van der Waals surface area contributed by atoms with E-state index in [1.807, 2.05) is 18.7 Å². The smallest absolute Gasteiger partial charge is 0.254 e. The number of methoxy groups -OCH3 is 1. The van der Waals surface area contributed by atoms with Crippen molar-refractivity contribution in [1.29, 1.82) is 0 Å². The predicted octanol–water partition coefficient (Wildman–Crippen LogP) is 2.99. The summed E-state index contributed by atoms with van der Waals surface area (Å²) < 4.78 is 11.0. The molecule has 1 unspecified atom stereocenters. The van der Waals surface area contributed by atoms with Crippen molar-refractivity contribution in [2.45, 2.75) is 26.3 Å².